The van der Waals surface area contributed by atoms with Gasteiger partial charge in [0.2, 0.25) is 5.95 Å². The third-order valence-electron chi connectivity index (χ3n) is 6.15. The maximum absolute atomic E-state index is 12.4. The number of nitrogens with zero attached hydrogens (tertiary/aromatic N) is 5. The molecule has 34 heavy (non-hydrogen) atoms. The number of aromatic nitrogens is 3. The number of pyridine rings is 1. The summed E-state index contributed by atoms with van der Waals surface area (Å²) >= 11 is 0. The average molecular weight is 475 g/mol. The Hall–Kier alpha value is -3.47. The molecule has 1 unspecified atom stereocenters. The van der Waals surface area contributed by atoms with Crippen molar-refractivity contribution in [1.82, 2.24) is 19.9 Å². The van der Waals surface area contributed by atoms with Crippen LogP contribution in [0.1, 0.15) is 29.0 Å². The van der Waals surface area contributed by atoms with E-state index < -0.39 is 7.14 Å². The second kappa shape index (κ2) is 8.71. The van der Waals surface area contributed by atoms with Crippen molar-refractivity contribution in [2.24, 2.45) is 0 Å². The number of nitriles is 1. The van der Waals surface area contributed by atoms with Crippen LogP contribution in [0.3, 0.4) is 0 Å². The van der Waals surface area contributed by atoms with Crippen LogP contribution in [0, 0.1) is 11.3 Å². The van der Waals surface area contributed by atoms with Crippen molar-refractivity contribution in [3.05, 3.63) is 53.2 Å². The highest BCUT2D eigenvalue weighted by atomic mass is 31.2. The quantitative estimate of drug-likeness (QED) is 0.474. The summed E-state index contributed by atoms with van der Waals surface area (Å²) in [7, 11) is -0.358. The predicted octanol–water partition coefficient (Wildman–Crippen LogP) is 3.82. The first-order valence-electron chi connectivity index (χ1n) is 11.2. The molecule has 0 saturated carbocycles. The summed E-state index contributed by atoms with van der Waals surface area (Å²) in [5, 5.41) is 19.5. The molecule has 2 aliphatic rings. The van der Waals surface area contributed by atoms with Crippen molar-refractivity contribution in [1.29, 1.82) is 5.26 Å². The van der Waals surface area contributed by atoms with E-state index in [1.54, 1.807) is 31.5 Å². The molecule has 0 spiro atoms. The van der Waals surface area contributed by atoms with Crippen LogP contribution >= 0.6 is 7.14 Å². The number of rotatable bonds is 5. The average Bonchev–Trinajstić information content (AvgIpc) is 2.79. The van der Waals surface area contributed by atoms with Crippen LogP contribution in [0.25, 0.3) is 0 Å². The van der Waals surface area contributed by atoms with Crippen molar-refractivity contribution in [3.8, 4) is 6.07 Å². The van der Waals surface area contributed by atoms with Gasteiger partial charge in [-0.1, -0.05) is 6.07 Å². The first kappa shape index (κ1) is 22.3. The summed E-state index contributed by atoms with van der Waals surface area (Å²) in [6, 6.07) is 11.7. The molecule has 0 aliphatic carbocycles. The Balaban J connectivity index is 1.44. The number of anilines is 5. The van der Waals surface area contributed by atoms with Gasteiger partial charge in [0.1, 0.15) is 30.0 Å². The van der Waals surface area contributed by atoms with Gasteiger partial charge in [0.05, 0.1) is 6.20 Å². The Morgan fingerprint density at radius 1 is 1.24 bits per heavy atom. The molecule has 9 nitrogen and oxygen atoms in total. The molecule has 0 radical (unpaired) electrons. The van der Waals surface area contributed by atoms with E-state index in [0.29, 0.717) is 34.5 Å². The third kappa shape index (κ3) is 4.47. The van der Waals surface area contributed by atoms with Gasteiger partial charge < -0.3 is 25.4 Å². The Kier molecular flexibility index (Phi) is 5.72. The van der Waals surface area contributed by atoms with E-state index >= 15 is 0 Å². The van der Waals surface area contributed by atoms with Crippen LogP contribution in [0.4, 0.5) is 29.0 Å². The van der Waals surface area contributed by atoms with E-state index in [-0.39, 0.29) is 0 Å². The molecule has 4 heterocycles. The molecule has 2 aromatic heterocycles. The molecule has 5 rings (SSSR count). The van der Waals surface area contributed by atoms with Crippen molar-refractivity contribution < 1.29 is 4.57 Å². The molecular weight excluding hydrogens is 447 g/mol. The second-order valence-corrected chi connectivity index (χ2v) is 12.4. The molecule has 174 valence electrons. The lowest BCUT2D eigenvalue weighted by Crippen LogP contribution is -2.34. The highest BCUT2D eigenvalue weighted by Crippen LogP contribution is 2.41. The van der Waals surface area contributed by atoms with E-state index in [2.05, 4.69) is 61.1 Å². The van der Waals surface area contributed by atoms with Crippen molar-refractivity contribution >= 4 is 41.5 Å². The fourth-order valence-corrected chi connectivity index (χ4v) is 5.44. The fourth-order valence-electron chi connectivity index (χ4n) is 4.65. The smallest absolute Gasteiger partial charge is 0.229 e. The molecule has 0 bridgehead atoms. The molecule has 0 fully saturated rings. The second-order valence-electron chi connectivity index (χ2n) is 9.26. The van der Waals surface area contributed by atoms with Gasteiger partial charge in [-0.3, -0.25) is 0 Å². The molecule has 10 heteroatoms. The Bertz CT molecular complexity index is 1350. The number of hydrogen-bond acceptors (Lipinski definition) is 9. The van der Waals surface area contributed by atoms with E-state index in [1.807, 2.05) is 0 Å². The zero-order chi connectivity index (χ0) is 23.9. The Labute approximate surface area is 199 Å². The van der Waals surface area contributed by atoms with Gasteiger partial charge in [0.15, 0.2) is 5.82 Å². The number of benzene rings is 1. The molecule has 3 N–H and O–H groups in total. The lowest BCUT2D eigenvalue weighted by atomic mass is 9.83. The van der Waals surface area contributed by atoms with Crippen molar-refractivity contribution in [2.75, 3.05) is 49.4 Å². The topological polar surface area (TPSA) is 119 Å². The highest BCUT2D eigenvalue weighted by Gasteiger charge is 2.29. The van der Waals surface area contributed by atoms with Crippen LogP contribution in [0.15, 0.2) is 36.5 Å². The molecule has 3 aromatic rings. The van der Waals surface area contributed by atoms with E-state index in [1.165, 1.54) is 23.0 Å². The van der Waals surface area contributed by atoms with E-state index in [4.69, 9.17) is 0 Å². The maximum atomic E-state index is 12.4. The maximum Gasteiger partial charge on any atom is 0.229 e. The van der Waals surface area contributed by atoms with Crippen LogP contribution in [-0.4, -0.2) is 53.3 Å². The molecule has 1 aromatic carbocycles. The van der Waals surface area contributed by atoms with Crippen molar-refractivity contribution in [3.63, 3.8) is 0 Å². The lowest BCUT2D eigenvalue weighted by molar-refractivity contribution is 0.274. The molecule has 1 atom stereocenters. The van der Waals surface area contributed by atoms with Gasteiger partial charge in [-0.15, -0.1) is 0 Å². The van der Waals surface area contributed by atoms with Crippen LogP contribution in [-0.2, 0) is 11.1 Å². The van der Waals surface area contributed by atoms with Gasteiger partial charge in [0, 0.05) is 36.9 Å². The van der Waals surface area contributed by atoms with Gasteiger partial charge in [-0.2, -0.15) is 10.2 Å². The Morgan fingerprint density at radius 2 is 2.09 bits per heavy atom. The van der Waals surface area contributed by atoms with Crippen molar-refractivity contribution in [2.45, 2.75) is 18.9 Å². The van der Waals surface area contributed by atoms with Gasteiger partial charge in [-0.25, -0.2) is 9.97 Å². The summed E-state index contributed by atoms with van der Waals surface area (Å²) in [5.41, 5.74) is 5.60. The first-order valence-corrected chi connectivity index (χ1v) is 13.8. The number of nitrogens with one attached hydrogen (secondary N) is 3. The summed E-state index contributed by atoms with van der Waals surface area (Å²) in [6.07, 6.45) is 2.63. The SMILES string of the molecule is CN1Cc2cc(Nc3ncc(C#N)c(Nc4cccc(P(C)(C)=O)n4)n3)cc3c2C(CCN3)C1. The summed E-state index contributed by atoms with van der Waals surface area (Å²) < 4.78 is 12.4. The zero-order valence-corrected chi connectivity index (χ0v) is 20.4. The lowest BCUT2D eigenvalue weighted by Gasteiger charge is -2.37. The van der Waals surface area contributed by atoms with Crippen LogP contribution < -0.4 is 21.4 Å². The molecular formula is C24H27N8OP. The largest absolute Gasteiger partial charge is 0.385 e. The minimum atomic E-state index is -2.52. The number of hydrogen-bond donors (Lipinski definition) is 3. The van der Waals surface area contributed by atoms with Gasteiger partial charge in [-0.05, 0) is 62.2 Å². The summed E-state index contributed by atoms with van der Waals surface area (Å²) in [6.45, 7) is 6.30. The monoisotopic (exact) mass is 474 g/mol. The van der Waals surface area contributed by atoms with E-state index in [0.717, 1.165) is 31.7 Å². The normalized spacial score (nSPS) is 17.3. The third-order valence-corrected chi connectivity index (χ3v) is 7.50. The minimum absolute atomic E-state index is 0.292. The number of likely N-dealkylation sites (N-methyl/N-ethyl adjacent to an activating group) is 1. The zero-order valence-electron chi connectivity index (χ0n) is 19.5. The first-order chi connectivity index (χ1) is 16.3. The summed E-state index contributed by atoms with van der Waals surface area (Å²) in [4.78, 5) is 15.7. The predicted molar refractivity (Wildman–Crippen MR) is 135 cm³/mol. The van der Waals surface area contributed by atoms with Gasteiger partial charge in [0.25, 0.3) is 0 Å². The molecule has 0 saturated heterocycles. The van der Waals surface area contributed by atoms with E-state index in [9.17, 15) is 9.83 Å². The minimum Gasteiger partial charge on any atom is -0.385 e. The standard InChI is InChI=1S/C24H27N8OP/c1-32-13-15-7-8-26-19-10-18(9-16(14-32)22(15)19)28-24-27-12-17(11-25)23(31-24)30-20-5-4-6-21(29-20)34(2,3)33/h4-6,9-10,12,15,26H,7-8,13-14H2,1-3H3,(H2,27,28,29,30,31). The van der Waals surface area contributed by atoms with Crippen LogP contribution in [0.2, 0.25) is 0 Å². The fraction of sp³-hybridized carbons (Fsp3) is 0.333. The summed E-state index contributed by atoms with van der Waals surface area (Å²) in [5.74, 6) is 1.74. The molecule has 2 aliphatic heterocycles. The highest BCUT2D eigenvalue weighted by molar-refractivity contribution is 7.69. The Morgan fingerprint density at radius 3 is 2.88 bits per heavy atom. The van der Waals surface area contributed by atoms with Crippen LogP contribution in [0.5, 0.6) is 0 Å². The molecule has 0 amide bonds. The van der Waals surface area contributed by atoms with Gasteiger partial charge >= 0.3 is 0 Å².